The number of para-hydroxylation sites is 1. The lowest BCUT2D eigenvalue weighted by atomic mass is 10.3. The summed E-state index contributed by atoms with van der Waals surface area (Å²) in [6.07, 6.45) is 0. The van der Waals surface area contributed by atoms with Gasteiger partial charge in [-0.05, 0) is 22.5 Å². The summed E-state index contributed by atoms with van der Waals surface area (Å²) < 4.78 is 4.72. The fourth-order valence-corrected chi connectivity index (χ4v) is 2.84. The van der Waals surface area contributed by atoms with Gasteiger partial charge in [-0.15, -0.1) is 12.4 Å². The van der Waals surface area contributed by atoms with Crippen molar-refractivity contribution < 1.29 is 0 Å². The van der Waals surface area contributed by atoms with Crippen LogP contribution >= 0.6 is 44.9 Å². The van der Waals surface area contributed by atoms with Gasteiger partial charge in [0.25, 0.3) is 0 Å². The van der Waals surface area contributed by atoms with E-state index in [4.69, 9.17) is 11.6 Å². The smallest absolute Gasteiger partial charge is 0.179 e. The zero-order chi connectivity index (χ0) is 9.10. The third-order valence-corrected chi connectivity index (χ3v) is 3.57. The minimum Gasteiger partial charge on any atom is -0.234 e. The summed E-state index contributed by atoms with van der Waals surface area (Å²) >= 11 is 5.81. The average molecular weight is 265 g/mol. The molecule has 2 aromatic rings. The van der Waals surface area contributed by atoms with Gasteiger partial charge in [0.05, 0.1) is 5.69 Å². The first-order chi connectivity index (χ1) is 6.36. The van der Waals surface area contributed by atoms with Crippen molar-refractivity contribution in [3.63, 3.8) is 0 Å². The molecule has 0 amide bonds. The number of hydrogen-bond acceptors (Lipinski definition) is 4. The lowest BCUT2D eigenvalue weighted by Crippen LogP contribution is -1.91. The molecule has 74 valence electrons. The van der Waals surface area contributed by atoms with Gasteiger partial charge in [-0.2, -0.15) is 4.37 Å². The normalized spacial score (nSPS) is 11.1. The predicted molar refractivity (Wildman–Crippen MR) is 63.9 cm³/mol. The highest BCUT2D eigenvalue weighted by Gasteiger charge is 1.95. The van der Waals surface area contributed by atoms with Crippen LogP contribution in [0.3, 0.4) is 0 Å². The third kappa shape index (κ3) is 2.78. The molecule has 0 saturated heterocycles. The van der Waals surface area contributed by atoms with Crippen molar-refractivity contribution in [3.05, 3.63) is 40.2 Å². The molecule has 14 heavy (non-hydrogen) atoms. The van der Waals surface area contributed by atoms with Crippen LogP contribution in [0.25, 0.3) is 0 Å². The molecule has 2 nitrogen and oxygen atoms in total. The molecule has 0 radical (unpaired) electrons. The number of halogens is 2. The van der Waals surface area contributed by atoms with Crippen LogP contribution in [0.5, 0.6) is 0 Å². The molecule has 0 saturated carbocycles. The van der Waals surface area contributed by atoms with Crippen molar-refractivity contribution in [2.75, 3.05) is 0 Å². The van der Waals surface area contributed by atoms with Gasteiger partial charge in [-0.25, -0.2) is 4.99 Å². The summed E-state index contributed by atoms with van der Waals surface area (Å²) in [4.78, 5) is 4.34. The SMILES string of the molecule is Cl.Clc1nssc1=Nc1ccccc1. The fourth-order valence-electron chi connectivity index (χ4n) is 0.845. The lowest BCUT2D eigenvalue weighted by molar-refractivity contribution is 1.37. The second-order valence-electron chi connectivity index (χ2n) is 2.29. The second-order valence-corrected chi connectivity index (χ2v) is 4.48. The van der Waals surface area contributed by atoms with Gasteiger partial charge in [-0.1, -0.05) is 29.8 Å². The molecule has 0 spiro atoms. The van der Waals surface area contributed by atoms with Gasteiger partial charge in [0.15, 0.2) is 9.82 Å². The van der Waals surface area contributed by atoms with E-state index >= 15 is 0 Å². The lowest BCUT2D eigenvalue weighted by Gasteiger charge is -1.87. The first kappa shape index (κ1) is 11.7. The number of benzene rings is 1. The average Bonchev–Trinajstić information content (AvgIpc) is 2.54. The Morgan fingerprint density at radius 3 is 2.50 bits per heavy atom. The highest BCUT2D eigenvalue weighted by molar-refractivity contribution is 7.66. The van der Waals surface area contributed by atoms with Crippen LogP contribution in [0, 0.1) is 0 Å². The molecule has 2 rings (SSSR count). The van der Waals surface area contributed by atoms with E-state index in [-0.39, 0.29) is 12.4 Å². The van der Waals surface area contributed by atoms with E-state index in [9.17, 15) is 0 Å². The molecular weight excluding hydrogens is 259 g/mol. The second kappa shape index (κ2) is 5.46. The summed E-state index contributed by atoms with van der Waals surface area (Å²) in [7, 11) is 2.83. The number of nitrogens with zero attached hydrogens (tertiary/aromatic N) is 2. The van der Waals surface area contributed by atoms with Gasteiger partial charge < -0.3 is 0 Å². The summed E-state index contributed by atoms with van der Waals surface area (Å²) in [5.41, 5.74) is 0.904. The van der Waals surface area contributed by atoms with E-state index in [1.807, 2.05) is 30.3 Å². The molecule has 0 unspecified atom stereocenters. The predicted octanol–water partition coefficient (Wildman–Crippen LogP) is 3.51. The van der Waals surface area contributed by atoms with Gasteiger partial charge in [0.1, 0.15) is 0 Å². The Morgan fingerprint density at radius 2 is 1.93 bits per heavy atom. The molecule has 0 atom stereocenters. The van der Waals surface area contributed by atoms with Crippen LogP contribution in [-0.4, -0.2) is 4.37 Å². The zero-order valence-corrected chi connectivity index (χ0v) is 10.1. The number of aromatic nitrogens is 1. The fraction of sp³-hybridized carbons (Fsp3) is 0. The van der Waals surface area contributed by atoms with Crippen molar-refractivity contribution in [2.45, 2.75) is 0 Å². The minimum atomic E-state index is 0. The van der Waals surface area contributed by atoms with E-state index in [2.05, 4.69) is 9.37 Å². The Kier molecular flexibility index (Phi) is 4.54. The number of rotatable bonds is 1. The van der Waals surface area contributed by atoms with E-state index in [1.165, 1.54) is 20.9 Å². The molecular formula is C8H6Cl2N2S2. The molecule has 1 heterocycles. The summed E-state index contributed by atoms with van der Waals surface area (Å²) in [5, 5.41) is 0.485. The van der Waals surface area contributed by atoms with Crippen LogP contribution in [0.2, 0.25) is 5.15 Å². The zero-order valence-electron chi connectivity index (χ0n) is 6.88. The molecule has 6 heteroatoms. The maximum absolute atomic E-state index is 5.81. The van der Waals surface area contributed by atoms with E-state index in [0.29, 0.717) is 5.15 Å². The van der Waals surface area contributed by atoms with Crippen LogP contribution in [0.4, 0.5) is 5.69 Å². The first-order valence-electron chi connectivity index (χ1n) is 3.57. The molecule has 0 fully saturated rings. The Balaban J connectivity index is 0.000000980. The van der Waals surface area contributed by atoms with E-state index in [1.54, 1.807) is 0 Å². The number of hydrogen-bond donors (Lipinski definition) is 0. The standard InChI is InChI=1S/C8H5ClN2S2.ClH/c9-7-8(12-13-11-7)10-6-4-2-1-3-5-6;/h1-5H;1H. The van der Waals surface area contributed by atoms with Crippen molar-refractivity contribution in [2.24, 2.45) is 4.99 Å². The van der Waals surface area contributed by atoms with Gasteiger partial charge in [0.2, 0.25) is 0 Å². The van der Waals surface area contributed by atoms with E-state index < -0.39 is 0 Å². The van der Waals surface area contributed by atoms with Crippen LogP contribution < -0.4 is 4.67 Å². The first-order valence-corrected chi connectivity index (χ1v) is 6.06. The maximum atomic E-state index is 5.81. The van der Waals surface area contributed by atoms with Crippen molar-refractivity contribution in [1.82, 2.24) is 4.37 Å². The van der Waals surface area contributed by atoms with Crippen molar-refractivity contribution in [1.29, 1.82) is 0 Å². The van der Waals surface area contributed by atoms with Crippen LogP contribution in [-0.2, 0) is 0 Å². The van der Waals surface area contributed by atoms with Crippen LogP contribution in [0.1, 0.15) is 0 Å². The molecule has 0 N–H and O–H groups in total. The molecule has 0 aliphatic carbocycles. The summed E-state index contributed by atoms with van der Waals surface area (Å²) in [6, 6.07) is 9.70. The Morgan fingerprint density at radius 1 is 1.21 bits per heavy atom. The molecule has 0 aliphatic heterocycles. The largest absolute Gasteiger partial charge is 0.234 e. The topological polar surface area (TPSA) is 25.2 Å². The molecule has 1 aromatic carbocycles. The third-order valence-electron chi connectivity index (χ3n) is 1.40. The Labute approximate surface area is 99.9 Å². The highest BCUT2D eigenvalue weighted by atomic mass is 35.5. The molecule has 0 aliphatic rings. The minimum absolute atomic E-state index is 0. The molecule has 1 aromatic heterocycles. The Hall–Kier alpha value is -0.420. The maximum Gasteiger partial charge on any atom is 0.179 e. The van der Waals surface area contributed by atoms with Crippen LogP contribution in [0.15, 0.2) is 35.3 Å². The van der Waals surface area contributed by atoms with Gasteiger partial charge in [-0.3, -0.25) is 0 Å². The van der Waals surface area contributed by atoms with Crippen molar-refractivity contribution >= 4 is 50.6 Å². The summed E-state index contributed by atoms with van der Waals surface area (Å²) in [6.45, 7) is 0. The van der Waals surface area contributed by atoms with Gasteiger partial charge in [0, 0.05) is 10.5 Å². The van der Waals surface area contributed by atoms with E-state index in [0.717, 1.165) is 10.4 Å². The van der Waals surface area contributed by atoms with Crippen molar-refractivity contribution in [3.8, 4) is 0 Å². The highest BCUT2D eigenvalue weighted by Crippen LogP contribution is 2.12. The Bertz CT molecular complexity index is 450. The van der Waals surface area contributed by atoms with Gasteiger partial charge >= 0.3 is 0 Å². The monoisotopic (exact) mass is 264 g/mol. The molecule has 0 bridgehead atoms. The summed E-state index contributed by atoms with van der Waals surface area (Å²) in [5.74, 6) is 0. The quantitative estimate of drug-likeness (QED) is 0.724.